The van der Waals surface area contributed by atoms with Gasteiger partial charge in [-0.15, -0.1) is 0 Å². The van der Waals surface area contributed by atoms with Crippen molar-refractivity contribution in [2.24, 2.45) is 5.41 Å². The van der Waals surface area contributed by atoms with E-state index in [-0.39, 0.29) is 0 Å². The average molecular weight is 529 g/mol. The number of fused-ring (bicyclic) bond motifs is 2. The van der Waals surface area contributed by atoms with Gasteiger partial charge in [0.25, 0.3) is 0 Å². The van der Waals surface area contributed by atoms with Gasteiger partial charge < -0.3 is 24.6 Å². The molecule has 2 N–H and O–H groups in total. The first-order chi connectivity index (χ1) is 19.0. The third-order valence-corrected chi connectivity index (χ3v) is 9.09. The average Bonchev–Trinajstić information content (AvgIpc) is 3.58. The number of rotatable bonds is 6. The SMILES string of the molecule is COc1nc2c(N3CCC4(CC3)CNC4)nc(OC[C@@H]3CCCN3C)nc2cc1-c1c(C)ccc2[nH]ncc12. The van der Waals surface area contributed by atoms with Gasteiger partial charge in [-0.25, -0.2) is 4.98 Å². The van der Waals surface area contributed by atoms with Crippen molar-refractivity contribution in [1.29, 1.82) is 0 Å². The fraction of sp³-hybridized carbons (Fsp3) is 0.517. The molecule has 0 aliphatic carbocycles. The summed E-state index contributed by atoms with van der Waals surface area (Å²) in [5, 5.41) is 11.9. The zero-order valence-electron chi connectivity index (χ0n) is 23.0. The Balaban J connectivity index is 1.33. The zero-order chi connectivity index (χ0) is 26.6. The number of anilines is 1. The van der Waals surface area contributed by atoms with Crippen molar-refractivity contribution in [2.45, 2.75) is 38.6 Å². The van der Waals surface area contributed by atoms with Gasteiger partial charge >= 0.3 is 6.01 Å². The van der Waals surface area contributed by atoms with Crippen LogP contribution in [-0.4, -0.2) is 89.6 Å². The number of aromatic nitrogens is 5. The summed E-state index contributed by atoms with van der Waals surface area (Å²) in [6.45, 7) is 7.90. The molecule has 3 aliphatic heterocycles. The predicted octanol–water partition coefficient (Wildman–Crippen LogP) is 3.55. The fourth-order valence-electron chi connectivity index (χ4n) is 6.50. The molecule has 0 bridgehead atoms. The number of hydrogen-bond acceptors (Lipinski definition) is 9. The van der Waals surface area contributed by atoms with Gasteiger partial charge in [-0.3, -0.25) is 5.10 Å². The van der Waals surface area contributed by atoms with Gasteiger partial charge in [0.15, 0.2) is 5.82 Å². The Morgan fingerprint density at radius 1 is 1.10 bits per heavy atom. The van der Waals surface area contributed by atoms with Crippen LogP contribution in [0.5, 0.6) is 11.9 Å². The molecule has 4 aromatic rings. The number of nitrogens with one attached hydrogen (secondary N) is 2. The number of nitrogens with zero attached hydrogens (tertiary/aromatic N) is 6. The largest absolute Gasteiger partial charge is 0.481 e. The van der Waals surface area contributed by atoms with Crippen LogP contribution >= 0.6 is 0 Å². The Morgan fingerprint density at radius 2 is 1.95 bits per heavy atom. The first-order valence-corrected chi connectivity index (χ1v) is 14.0. The Hall–Kier alpha value is -3.50. The van der Waals surface area contributed by atoms with E-state index in [2.05, 4.69) is 57.5 Å². The van der Waals surface area contributed by atoms with E-state index < -0.39 is 0 Å². The van der Waals surface area contributed by atoms with Crippen molar-refractivity contribution >= 4 is 27.8 Å². The van der Waals surface area contributed by atoms with Crippen molar-refractivity contribution in [3.8, 4) is 23.0 Å². The molecule has 6 heterocycles. The van der Waals surface area contributed by atoms with Crippen LogP contribution in [0.1, 0.15) is 31.2 Å². The van der Waals surface area contributed by atoms with Crippen molar-refractivity contribution in [3.63, 3.8) is 0 Å². The first kappa shape index (κ1) is 24.5. The minimum absolute atomic E-state index is 0.389. The minimum Gasteiger partial charge on any atom is -0.481 e. The molecule has 1 spiro atoms. The molecule has 204 valence electrons. The highest BCUT2D eigenvalue weighted by Crippen LogP contribution is 2.41. The number of benzene rings is 1. The number of H-pyrrole nitrogens is 1. The van der Waals surface area contributed by atoms with Crippen molar-refractivity contribution in [1.82, 2.24) is 35.4 Å². The van der Waals surface area contributed by atoms with Crippen molar-refractivity contribution in [3.05, 3.63) is 30.0 Å². The summed E-state index contributed by atoms with van der Waals surface area (Å²) in [4.78, 5) is 19.6. The molecule has 10 nitrogen and oxygen atoms in total. The first-order valence-electron chi connectivity index (χ1n) is 14.0. The maximum Gasteiger partial charge on any atom is 0.319 e. The number of piperidine rings is 1. The normalized spacial score (nSPS) is 21.1. The van der Waals surface area contributed by atoms with Gasteiger partial charge in [-0.2, -0.15) is 15.1 Å². The van der Waals surface area contributed by atoms with Gasteiger partial charge in [0.05, 0.1) is 24.3 Å². The number of ether oxygens (including phenoxy) is 2. The summed E-state index contributed by atoms with van der Waals surface area (Å²) in [6, 6.07) is 7.03. The van der Waals surface area contributed by atoms with Crippen LogP contribution < -0.4 is 19.7 Å². The van der Waals surface area contributed by atoms with Gasteiger partial charge in [-0.05, 0) is 69.3 Å². The number of aromatic amines is 1. The van der Waals surface area contributed by atoms with E-state index in [1.54, 1.807) is 7.11 Å². The van der Waals surface area contributed by atoms with Crippen LogP contribution in [0.3, 0.4) is 0 Å². The second-order valence-corrected chi connectivity index (χ2v) is 11.5. The maximum absolute atomic E-state index is 6.28. The molecule has 0 amide bonds. The summed E-state index contributed by atoms with van der Waals surface area (Å²) in [7, 11) is 3.83. The third-order valence-electron chi connectivity index (χ3n) is 9.09. The summed E-state index contributed by atoms with van der Waals surface area (Å²) < 4.78 is 12.2. The molecule has 10 heteroatoms. The number of aryl methyl sites for hydroxylation is 1. The molecule has 0 radical (unpaired) electrons. The lowest BCUT2D eigenvalue weighted by atomic mass is 9.73. The number of likely N-dealkylation sites (N-methyl/N-ethyl adjacent to an activating group) is 1. The molecule has 1 atom stereocenters. The standard InChI is InChI=1S/C29H36N8O2/c1-18-6-7-22-21(14-31-35-22)24(18)20-13-23-25(33-27(20)38-3)26(37-11-8-29(9-12-37)16-30-17-29)34-28(32-23)39-15-19-5-4-10-36(19)2/h6-7,13-14,19,30H,4-5,8-12,15-17H2,1-3H3,(H,31,35)/t19-/m0/s1. The molecule has 0 saturated carbocycles. The topological polar surface area (TPSA) is 104 Å². The quantitative estimate of drug-likeness (QED) is 0.389. The van der Waals surface area contributed by atoms with E-state index in [9.17, 15) is 0 Å². The molecule has 0 unspecified atom stereocenters. The Labute approximate surface area is 228 Å². The summed E-state index contributed by atoms with van der Waals surface area (Å²) in [5.74, 6) is 1.39. The van der Waals surface area contributed by atoms with Crippen molar-refractivity contribution < 1.29 is 9.47 Å². The molecule has 39 heavy (non-hydrogen) atoms. The van der Waals surface area contributed by atoms with Crippen molar-refractivity contribution in [2.75, 3.05) is 58.4 Å². The second-order valence-electron chi connectivity index (χ2n) is 11.5. The summed E-state index contributed by atoms with van der Waals surface area (Å²) >= 11 is 0. The van der Waals surface area contributed by atoms with E-state index in [0.29, 0.717) is 30.0 Å². The number of methoxy groups -OCH3 is 1. The lowest BCUT2D eigenvalue weighted by Gasteiger charge is -2.48. The fourth-order valence-corrected chi connectivity index (χ4v) is 6.50. The number of likely N-dealkylation sites (tertiary alicyclic amines) is 1. The molecule has 3 saturated heterocycles. The monoisotopic (exact) mass is 528 g/mol. The van der Waals surface area contributed by atoms with E-state index in [1.807, 2.05) is 6.20 Å². The summed E-state index contributed by atoms with van der Waals surface area (Å²) in [6.07, 6.45) is 6.48. The maximum atomic E-state index is 6.28. The van der Waals surface area contributed by atoms with Crippen LogP contribution in [0.4, 0.5) is 5.82 Å². The molecule has 3 aromatic heterocycles. The highest BCUT2D eigenvalue weighted by molar-refractivity contribution is 6.00. The summed E-state index contributed by atoms with van der Waals surface area (Å²) in [5.41, 5.74) is 5.97. The van der Waals surface area contributed by atoms with Crippen LogP contribution in [0, 0.1) is 12.3 Å². The van der Waals surface area contributed by atoms with Crippen LogP contribution in [-0.2, 0) is 0 Å². The van der Waals surface area contributed by atoms with Crippen LogP contribution in [0.15, 0.2) is 24.4 Å². The number of pyridine rings is 1. The highest BCUT2D eigenvalue weighted by Gasteiger charge is 2.40. The third kappa shape index (κ3) is 4.26. The zero-order valence-corrected chi connectivity index (χ0v) is 23.0. The van der Waals surface area contributed by atoms with Crippen LogP contribution in [0.2, 0.25) is 0 Å². The molecule has 1 aromatic carbocycles. The Kier molecular flexibility index (Phi) is 6.04. The van der Waals surface area contributed by atoms with E-state index in [0.717, 1.165) is 96.4 Å². The van der Waals surface area contributed by atoms with Crippen LogP contribution in [0.25, 0.3) is 33.1 Å². The lowest BCUT2D eigenvalue weighted by Crippen LogP contribution is -2.58. The molecular weight excluding hydrogens is 492 g/mol. The minimum atomic E-state index is 0.389. The Morgan fingerprint density at radius 3 is 2.67 bits per heavy atom. The van der Waals surface area contributed by atoms with E-state index in [4.69, 9.17) is 24.4 Å². The van der Waals surface area contributed by atoms with Gasteiger partial charge in [0, 0.05) is 48.7 Å². The highest BCUT2D eigenvalue weighted by atomic mass is 16.5. The van der Waals surface area contributed by atoms with Gasteiger partial charge in [-0.1, -0.05) is 6.07 Å². The molecule has 3 fully saturated rings. The molecular formula is C29H36N8O2. The lowest BCUT2D eigenvalue weighted by molar-refractivity contribution is 0.126. The molecule has 7 rings (SSSR count). The van der Waals surface area contributed by atoms with E-state index in [1.165, 1.54) is 6.42 Å². The molecule has 3 aliphatic rings. The predicted molar refractivity (Wildman–Crippen MR) is 152 cm³/mol. The number of hydrogen-bond donors (Lipinski definition) is 2. The van der Waals surface area contributed by atoms with Gasteiger partial charge in [0.2, 0.25) is 5.88 Å². The Bertz CT molecular complexity index is 1520. The smallest absolute Gasteiger partial charge is 0.319 e. The van der Waals surface area contributed by atoms with Gasteiger partial charge in [0.1, 0.15) is 12.1 Å². The van der Waals surface area contributed by atoms with E-state index >= 15 is 0 Å². The second kappa shape index (κ2) is 9.60.